The zero-order valence-electron chi connectivity index (χ0n) is 20.8. The standard InChI is InChI=1S/C12H17N3O3.C8H5F4NO.C6H5F/c1-2-15-9(16)6-5-8(10(13)12(17)18)11(15)14-7-3-4-7;9-8(10,11)6-3-1-2-5(4-6)7(14)13-12;7-6-4-2-1-3-5-6/h7H,2-6,13H2,1H3,(H,17,18);1-4H,(H,13,14);1-5H/b10-8-,14-11?;;. The van der Waals surface area contributed by atoms with E-state index in [1.165, 1.54) is 17.0 Å². The lowest BCUT2D eigenvalue weighted by Crippen LogP contribution is -2.43. The average molecular weight is 555 g/mol. The summed E-state index contributed by atoms with van der Waals surface area (Å²) < 4.78 is 59.9. The van der Waals surface area contributed by atoms with Gasteiger partial charge in [-0.15, -0.1) is 0 Å². The van der Waals surface area contributed by atoms with Gasteiger partial charge in [-0.05, 0) is 56.5 Å². The zero-order chi connectivity index (χ0) is 29.2. The smallest absolute Gasteiger partial charge is 0.416 e. The number of halogens is 5. The number of aliphatic carboxylic acids is 1. The van der Waals surface area contributed by atoms with Crippen LogP contribution < -0.4 is 11.3 Å². The van der Waals surface area contributed by atoms with E-state index in [2.05, 4.69) is 4.99 Å². The third-order valence-corrected chi connectivity index (χ3v) is 5.41. The molecule has 0 aromatic heterocycles. The molecule has 2 aromatic carbocycles. The fraction of sp³-hybridized carbons (Fsp3) is 0.308. The Balaban J connectivity index is 0.000000224. The summed E-state index contributed by atoms with van der Waals surface area (Å²) in [6, 6.07) is 11.7. The van der Waals surface area contributed by atoms with E-state index in [-0.39, 0.29) is 29.0 Å². The highest BCUT2D eigenvalue weighted by Crippen LogP contribution is 2.30. The highest BCUT2D eigenvalue weighted by atomic mass is 19.4. The molecule has 1 heterocycles. The molecular weight excluding hydrogens is 527 g/mol. The minimum atomic E-state index is -4.54. The number of alkyl halides is 3. The molecule has 1 aliphatic heterocycles. The molecule has 0 atom stereocenters. The topological polar surface area (TPSA) is 125 Å². The van der Waals surface area contributed by atoms with Crippen LogP contribution in [0.1, 0.15) is 48.5 Å². The van der Waals surface area contributed by atoms with Gasteiger partial charge in [0.2, 0.25) is 5.91 Å². The van der Waals surface area contributed by atoms with Gasteiger partial charge in [-0.2, -0.15) is 18.7 Å². The third kappa shape index (κ3) is 9.51. The van der Waals surface area contributed by atoms with E-state index in [9.17, 15) is 36.4 Å². The van der Waals surface area contributed by atoms with E-state index in [0.717, 1.165) is 36.6 Å². The summed E-state index contributed by atoms with van der Waals surface area (Å²) in [5.74, 6) is -2.08. The van der Waals surface area contributed by atoms with E-state index >= 15 is 0 Å². The Morgan fingerprint density at radius 1 is 1.10 bits per heavy atom. The highest BCUT2D eigenvalue weighted by Gasteiger charge is 2.33. The minimum Gasteiger partial charge on any atom is -0.477 e. The van der Waals surface area contributed by atoms with Gasteiger partial charge in [-0.3, -0.25) is 19.5 Å². The predicted octanol–water partition coefficient (Wildman–Crippen LogP) is 4.63. The molecule has 13 heteroatoms. The molecule has 2 aliphatic rings. The number of likely N-dealkylation sites (N-methyl/N-ethyl adjacent to an activating group) is 1. The highest BCUT2D eigenvalue weighted by molar-refractivity contribution is 6.13. The summed E-state index contributed by atoms with van der Waals surface area (Å²) in [5.41, 5.74) is 5.30. The van der Waals surface area contributed by atoms with E-state index in [1.54, 1.807) is 18.2 Å². The second kappa shape index (κ2) is 14.0. The number of nitrogens with two attached hydrogens (primary N) is 1. The average Bonchev–Trinajstić information content (AvgIpc) is 3.73. The van der Waals surface area contributed by atoms with Crippen LogP contribution in [-0.2, 0) is 15.8 Å². The number of hydrogen-bond acceptors (Lipinski definition) is 5. The van der Waals surface area contributed by atoms with Gasteiger partial charge >= 0.3 is 12.1 Å². The van der Waals surface area contributed by atoms with E-state index in [0.29, 0.717) is 36.9 Å². The van der Waals surface area contributed by atoms with Crippen LogP contribution >= 0.6 is 0 Å². The molecule has 4 N–H and O–H groups in total. The van der Waals surface area contributed by atoms with Gasteiger partial charge in [0, 0.05) is 24.1 Å². The lowest BCUT2D eigenvalue weighted by molar-refractivity contribution is -0.137. The van der Waals surface area contributed by atoms with Crippen molar-refractivity contribution in [2.24, 2.45) is 10.7 Å². The quantitative estimate of drug-likeness (QED) is 0.289. The maximum Gasteiger partial charge on any atom is 0.416 e. The van der Waals surface area contributed by atoms with Crippen molar-refractivity contribution < 1.29 is 41.5 Å². The monoisotopic (exact) mass is 554 g/mol. The van der Waals surface area contributed by atoms with Crippen molar-refractivity contribution in [2.45, 2.75) is 44.8 Å². The van der Waals surface area contributed by atoms with Crippen molar-refractivity contribution in [3.63, 3.8) is 0 Å². The van der Waals surface area contributed by atoms with Gasteiger partial charge in [-0.1, -0.05) is 28.7 Å². The maximum atomic E-state index is 12.1. The largest absolute Gasteiger partial charge is 0.477 e. The van der Waals surface area contributed by atoms with Gasteiger partial charge in [0.1, 0.15) is 17.3 Å². The number of amides is 2. The van der Waals surface area contributed by atoms with Crippen LogP contribution in [0.25, 0.3) is 0 Å². The molecule has 8 nitrogen and oxygen atoms in total. The Bertz CT molecular complexity index is 1230. The lowest BCUT2D eigenvalue weighted by atomic mass is 10.00. The molecule has 2 fully saturated rings. The van der Waals surface area contributed by atoms with Gasteiger partial charge < -0.3 is 10.8 Å². The van der Waals surface area contributed by atoms with Crippen molar-refractivity contribution in [2.75, 3.05) is 6.54 Å². The molecule has 1 saturated heterocycles. The summed E-state index contributed by atoms with van der Waals surface area (Å²) in [5, 5.41) is 8.99. The number of benzene rings is 2. The molecule has 210 valence electrons. The van der Waals surface area contributed by atoms with Crippen LogP contribution in [0.2, 0.25) is 0 Å². The Morgan fingerprint density at radius 3 is 2.21 bits per heavy atom. The molecular formula is C26H27F5N4O4. The van der Waals surface area contributed by atoms with Crippen LogP contribution in [0.3, 0.4) is 0 Å². The van der Waals surface area contributed by atoms with Gasteiger partial charge in [0.25, 0.3) is 5.91 Å². The number of nitrogens with zero attached hydrogens (tertiary/aromatic N) is 2. The Kier molecular flexibility index (Phi) is 11.1. The molecule has 4 rings (SSSR count). The first-order valence-corrected chi connectivity index (χ1v) is 11.8. The molecule has 1 saturated carbocycles. The molecule has 0 unspecified atom stereocenters. The van der Waals surface area contributed by atoms with Gasteiger partial charge in [0.05, 0.1) is 11.6 Å². The molecule has 39 heavy (non-hydrogen) atoms. The molecule has 2 amide bonds. The number of amidine groups is 1. The number of likely N-dealkylation sites (tertiary alicyclic amines) is 1. The molecule has 0 spiro atoms. The number of rotatable bonds is 4. The summed E-state index contributed by atoms with van der Waals surface area (Å²) in [7, 11) is 0. The first kappa shape index (κ1) is 30.9. The number of carboxylic acid groups (broad SMARTS) is 1. The second-order valence-corrected chi connectivity index (χ2v) is 8.32. The zero-order valence-corrected chi connectivity index (χ0v) is 20.8. The number of carbonyl (C=O) groups is 3. The van der Waals surface area contributed by atoms with Crippen LogP contribution in [0.5, 0.6) is 0 Å². The van der Waals surface area contributed by atoms with Crippen LogP contribution in [0.4, 0.5) is 22.0 Å². The lowest BCUT2D eigenvalue weighted by Gasteiger charge is -2.29. The summed E-state index contributed by atoms with van der Waals surface area (Å²) >= 11 is 0. The normalized spacial score (nSPS) is 17.3. The van der Waals surface area contributed by atoms with Gasteiger partial charge in [0.15, 0.2) is 0 Å². The van der Waals surface area contributed by atoms with Crippen LogP contribution in [0.15, 0.2) is 70.9 Å². The van der Waals surface area contributed by atoms with Crippen LogP contribution in [0, 0.1) is 5.82 Å². The van der Waals surface area contributed by atoms with E-state index in [1.807, 2.05) is 6.92 Å². The number of piperidine rings is 1. The summed E-state index contributed by atoms with van der Waals surface area (Å²) in [4.78, 5) is 39.4. The van der Waals surface area contributed by atoms with Crippen molar-refractivity contribution in [3.05, 3.63) is 82.8 Å². The fourth-order valence-electron chi connectivity index (χ4n) is 3.30. The number of aliphatic imine (C=N–C) groups is 1. The maximum absolute atomic E-state index is 12.1. The van der Waals surface area contributed by atoms with Crippen molar-refractivity contribution in [1.29, 1.82) is 0 Å². The number of nitrogens with one attached hydrogen (secondary N) is 1. The molecule has 1 aliphatic carbocycles. The second-order valence-electron chi connectivity index (χ2n) is 8.32. The first-order valence-electron chi connectivity index (χ1n) is 11.8. The number of hydrogen-bond donors (Lipinski definition) is 3. The van der Waals surface area contributed by atoms with Crippen molar-refractivity contribution in [1.82, 2.24) is 10.4 Å². The SMILES string of the molecule is CCN1C(=O)CC/C(=C(/N)C(=O)O)C1=NC1CC1.Fc1ccccc1.O=C(NF)c1cccc(C(F)(F)F)c1. The predicted molar refractivity (Wildman–Crippen MR) is 132 cm³/mol. The number of carbonyl (C=O) groups excluding carboxylic acids is 2. The Hall–Kier alpha value is -4.29. The minimum absolute atomic E-state index is 0.0150. The van der Waals surface area contributed by atoms with Crippen molar-refractivity contribution in [3.8, 4) is 0 Å². The number of carboxylic acids is 1. The summed E-state index contributed by atoms with van der Waals surface area (Å²) in [6.45, 7) is 2.33. The third-order valence-electron chi connectivity index (χ3n) is 5.41. The van der Waals surface area contributed by atoms with E-state index in [4.69, 9.17) is 10.8 Å². The van der Waals surface area contributed by atoms with Gasteiger partial charge in [-0.25, -0.2) is 9.18 Å². The molecule has 0 radical (unpaired) electrons. The fourth-order valence-corrected chi connectivity index (χ4v) is 3.30. The van der Waals surface area contributed by atoms with E-state index < -0.39 is 23.6 Å². The molecule has 2 aromatic rings. The summed E-state index contributed by atoms with van der Waals surface area (Å²) in [6.07, 6.45) is -1.89. The molecule has 0 bridgehead atoms. The first-order chi connectivity index (χ1) is 18.4. The Labute approximate surface area is 220 Å². The van der Waals surface area contributed by atoms with Crippen LogP contribution in [-0.4, -0.2) is 46.2 Å². The van der Waals surface area contributed by atoms with Crippen molar-refractivity contribution >= 4 is 23.6 Å². The Morgan fingerprint density at radius 2 is 1.74 bits per heavy atom.